The summed E-state index contributed by atoms with van der Waals surface area (Å²) < 4.78 is 1.81. The van der Waals surface area contributed by atoms with E-state index in [0.717, 1.165) is 35.6 Å². The van der Waals surface area contributed by atoms with Crippen LogP contribution in [0.3, 0.4) is 0 Å². The topological polar surface area (TPSA) is 42.2 Å². The second-order valence-corrected chi connectivity index (χ2v) is 5.25. The largest absolute Gasteiger partial charge is 0.381 e. The lowest BCUT2D eigenvalue weighted by Gasteiger charge is -2.10. The summed E-state index contributed by atoms with van der Waals surface area (Å²) in [5.41, 5.74) is 5.29. The number of nitrogens with zero attached hydrogens (tertiary/aromatic N) is 3. The van der Waals surface area contributed by atoms with E-state index in [-0.39, 0.29) is 0 Å². The van der Waals surface area contributed by atoms with Crippen LogP contribution in [-0.2, 0) is 0 Å². The van der Waals surface area contributed by atoms with E-state index in [1.54, 1.807) is 16.9 Å². The Balaban J connectivity index is 1.88. The van der Waals surface area contributed by atoms with Crippen LogP contribution in [0.25, 0.3) is 16.9 Å². The number of hydrogen-bond acceptors (Lipinski definition) is 3. The Morgan fingerprint density at radius 1 is 1.36 bits per heavy atom. The van der Waals surface area contributed by atoms with Crippen molar-refractivity contribution in [2.75, 3.05) is 11.9 Å². The molecule has 2 aromatic heterocycles. The zero-order valence-electron chi connectivity index (χ0n) is 12.9. The molecule has 0 saturated heterocycles. The first kappa shape index (κ1) is 14.3. The van der Waals surface area contributed by atoms with Crippen molar-refractivity contribution in [2.45, 2.75) is 20.3 Å². The molecule has 0 bridgehead atoms. The van der Waals surface area contributed by atoms with Crippen LogP contribution < -0.4 is 5.32 Å². The molecule has 0 aliphatic carbocycles. The normalized spacial score (nSPS) is 11.8. The van der Waals surface area contributed by atoms with Crippen molar-refractivity contribution in [1.29, 1.82) is 0 Å². The molecule has 111 valence electrons. The van der Waals surface area contributed by atoms with Gasteiger partial charge in [-0.05, 0) is 31.5 Å². The van der Waals surface area contributed by atoms with Crippen LogP contribution in [-0.4, -0.2) is 21.1 Å². The van der Waals surface area contributed by atoms with Gasteiger partial charge in [-0.3, -0.25) is 0 Å². The van der Waals surface area contributed by atoms with Gasteiger partial charge in [0.1, 0.15) is 0 Å². The molecule has 0 fully saturated rings. The van der Waals surface area contributed by atoms with Crippen molar-refractivity contribution in [3.8, 4) is 11.3 Å². The minimum absolute atomic E-state index is 0.734. The number of aromatic nitrogens is 3. The first-order valence-electron chi connectivity index (χ1n) is 7.48. The van der Waals surface area contributed by atoms with E-state index in [0.29, 0.717) is 0 Å². The summed E-state index contributed by atoms with van der Waals surface area (Å²) in [6.45, 7) is 5.16. The van der Waals surface area contributed by atoms with Gasteiger partial charge in [-0.1, -0.05) is 30.7 Å². The molecule has 0 saturated carbocycles. The number of nitrogens with one attached hydrogen (secondary N) is 1. The summed E-state index contributed by atoms with van der Waals surface area (Å²) in [4.78, 5) is 4.25. The molecule has 0 unspecified atom stereocenters. The Morgan fingerprint density at radius 2 is 2.27 bits per heavy atom. The highest BCUT2D eigenvalue weighted by atomic mass is 15.2. The molecule has 4 nitrogen and oxygen atoms in total. The van der Waals surface area contributed by atoms with Gasteiger partial charge in [-0.25, -0.2) is 9.50 Å². The van der Waals surface area contributed by atoms with Gasteiger partial charge < -0.3 is 5.32 Å². The molecule has 22 heavy (non-hydrogen) atoms. The molecule has 3 rings (SSSR count). The first-order chi connectivity index (χ1) is 10.8. The molecular formula is C18H19N4. The summed E-state index contributed by atoms with van der Waals surface area (Å²) in [5, 5.41) is 7.75. The summed E-state index contributed by atoms with van der Waals surface area (Å²) in [6, 6.07) is 13.3. The van der Waals surface area contributed by atoms with Gasteiger partial charge in [-0.15, -0.1) is 0 Å². The molecule has 0 atom stereocenters. The minimum atomic E-state index is 0.734. The zero-order valence-corrected chi connectivity index (χ0v) is 12.9. The van der Waals surface area contributed by atoms with E-state index in [4.69, 9.17) is 0 Å². The van der Waals surface area contributed by atoms with Crippen molar-refractivity contribution in [3.63, 3.8) is 0 Å². The first-order valence-corrected chi connectivity index (χ1v) is 7.48. The second-order valence-electron chi connectivity index (χ2n) is 5.25. The molecule has 0 aliphatic rings. The summed E-state index contributed by atoms with van der Waals surface area (Å²) >= 11 is 0. The molecule has 0 aliphatic heterocycles. The maximum Gasteiger partial charge on any atom is 0.163 e. The van der Waals surface area contributed by atoms with Gasteiger partial charge in [0, 0.05) is 24.0 Å². The highest BCUT2D eigenvalue weighted by molar-refractivity contribution is 5.67. The van der Waals surface area contributed by atoms with E-state index in [2.05, 4.69) is 65.7 Å². The van der Waals surface area contributed by atoms with E-state index in [1.807, 2.05) is 6.07 Å². The van der Waals surface area contributed by atoms with Crippen LogP contribution in [0.15, 0.2) is 54.4 Å². The van der Waals surface area contributed by atoms with Crippen molar-refractivity contribution >= 4 is 11.3 Å². The maximum atomic E-state index is 4.29. The molecule has 0 amide bonds. The third-order valence-corrected chi connectivity index (χ3v) is 3.51. The molecule has 1 N–H and O–H groups in total. The predicted octanol–water partition coefficient (Wildman–Crippen LogP) is 3.96. The molecule has 1 radical (unpaired) electrons. The lowest BCUT2D eigenvalue weighted by molar-refractivity contribution is 0.948. The smallest absolute Gasteiger partial charge is 0.163 e. The summed E-state index contributed by atoms with van der Waals surface area (Å²) in [6.07, 6.45) is 6.74. The number of hydrogen-bond donors (Lipinski definition) is 1. The van der Waals surface area contributed by atoms with E-state index < -0.39 is 0 Å². The van der Waals surface area contributed by atoms with Crippen LogP contribution in [0.4, 0.5) is 5.69 Å². The van der Waals surface area contributed by atoms with Crippen LogP contribution in [0, 0.1) is 6.07 Å². The number of allylic oxidation sites excluding steroid dienone is 1. The minimum Gasteiger partial charge on any atom is -0.381 e. The van der Waals surface area contributed by atoms with Gasteiger partial charge in [0.2, 0.25) is 0 Å². The van der Waals surface area contributed by atoms with Crippen molar-refractivity contribution in [3.05, 3.63) is 60.4 Å². The Kier molecular flexibility index (Phi) is 4.19. The van der Waals surface area contributed by atoms with Crippen molar-refractivity contribution in [2.24, 2.45) is 0 Å². The Hall–Kier alpha value is -2.62. The summed E-state index contributed by atoms with van der Waals surface area (Å²) in [5.74, 6) is 0. The fraction of sp³-hybridized carbons (Fsp3) is 0.222. The number of fused-ring (bicyclic) bond motifs is 1. The summed E-state index contributed by atoms with van der Waals surface area (Å²) in [7, 11) is 0. The molecule has 1 aromatic carbocycles. The standard InChI is InChI=1S/C18H19N4/c1-3-5-14(2)13-20-16-7-4-6-15(12-16)17-8-10-19-18-9-11-21-22(17)18/h4-8,10-12,20H,3,13H2,1-2H3/b14-5+. The van der Waals surface area contributed by atoms with Crippen LogP contribution in [0.2, 0.25) is 0 Å². The Morgan fingerprint density at radius 3 is 3.14 bits per heavy atom. The molecule has 0 spiro atoms. The van der Waals surface area contributed by atoms with E-state index >= 15 is 0 Å². The highest BCUT2D eigenvalue weighted by Crippen LogP contribution is 2.22. The number of rotatable bonds is 5. The van der Waals surface area contributed by atoms with Crippen molar-refractivity contribution < 1.29 is 0 Å². The van der Waals surface area contributed by atoms with Crippen LogP contribution in [0.1, 0.15) is 20.3 Å². The average Bonchev–Trinajstić information content (AvgIpc) is 3.02. The zero-order chi connectivity index (χ0) is 15.4. The monoisotopic (exact) mass is 291 g/mol. The fourth-order valence-corrected chi connectivity index (χ4v) is 2.45. The number of benzene rings is 1. The van der Waals surface area contributed by atoms with Crippen molar-refractivity contribution in [1.82, 2.24) is 14.6 Å². The Labute approximate surface area is 130 Å². The molecular weight excluding hydrogens is 272 g/mol. The molecule has 4 heteroatoms. The third kappa shape index (κ3) is 3.01. The highest BCUT2D eigenvalue weighted by Gasteiger charge is 2.05. The lowest BCUT2D eigenvalue weighted by Crippen LogP contribution is -2.03. The third-order valence-electron chi connectivity index (χ3n) is 3.51. The number of anilines is 1. The quantitative estimate of drug-likeness (QED) is 0.723. The van der Waals surface area contributed by atoms with Gasteiger partial charge in [0.05, 0.1) is 18.0 Å². The molecule has 3 aromatic rings. The Bertz CT molecular complexity index is 801. The van der Waals surface area contributed by atoms with Gasteiger partial charge in [0.15, 0.2) is 5.65 Å². The molecule has 2 heterocycles. The maximum absolute atomic E-state index is 4.29. The van der Waals surface area contributed by atoms with Gasteiger partial charge >= 0.3 is 0 Å². The van der Waals surface area contributed by atoms with E-state index in [1.165, 1.54) is 5.57 Å². The van der Waals surface area contributed by atoms with E-state index in [9.17, 15) is 0 Å². The van der Waals surface area contributed by atoms with Gasteiger partial charge in [0.25, 0.3) is 0 Å². The SMILES string of the molecule is CC/C=C(\C)CNc1cccc(-c2ccnc3[c]cnn23)c1. The average molecular weight is 291 g/mol. The second kappa shape index (κ2) is 6.43. The predicted molar refractivity (Wildman–Crippen MR) is 89.8 cm³/mol. The van der Waals surface area contributed by atoms with Gasteiger partial charge in [-0.2, -0.15) is 5.10 Å². The fourth-order valence-electron chi connectivity index (χ4n) is 2.45. The lowest BCUT2D eigenvalue weighted by atomic mass is 10.1. The van der Waals surface area contributed by atoms with Crippen LogP contribution in [0.5, 0.6) is 0 Å². The van der Waals surface area contributed by atoms with Crippen LogP contribution >= 0.6 is 0 Å².